The molecule has 3 saturated heterocycles. The Hall–Kier alpha value is -1.40. The van der Waals surface area contributed by atoms with Crippen LogP contribution in [-0.2, 0) is 4.79 Å². The van der Waals surface area contributed by atoms with E-state index in [-0.39, 0.29) is 11.8 Å². The van der Waals surface area contributed by atoms with Gasteiger partial charge in [0.25, 0.3) is 5.91 Å². The Balaban J connectivity index is 1.59. The minimum Gasteiger partial charge on any atom is -0.342 e. The van der Waals surface area contributed by atoms with Gasteiger partial charge in [-0.1, -0.05) is 0 Å². The topological polar surface area (TPSA) is 43.9 Å². The second-order valence-electron chi connectivity index (χ2n) is 8.47. The molecule has 0 saturated carbocycles. The third-order valence-corrected chi connectivity index (χ3v) is 7.41. The molecular formula is C20H29N3O2S. The number of fused-ring (bicyclic) bond motifs is 1. The zero-order valence-corrected chi connectivity index (χ0v) is 16.8. The summed E-state index contributed by atoms with van der Waals surface area (Å²) in [4.78, 5) is 34.9. The van der Waals surface area contributed by atoms with Crippen molar-refractivity contribution in [1.29, 1.82) is 0 Å². The van der Waals surface area contributed by atoms with Crippen molar-refractivity contribution in [3.05, 3.63) is 21.9 Å². The standard InChI is InChI=1S/C20H29N3O2S/c1-14(2)22-10-16-11-23(18(24)17-7-6-15(3)26-17)13-20(16,12-22)19(25)21-8-4-5-9-21/h6-7,14,16H,4-5,8-13H2,1-3H3/t16-,20-/m0/s1. The zero-order valence-electron chi connectivity index (χ0n) is 16.0. The van der Waals surface area contributed by atoms with E-state index >= 15 is 0 Å². The Labute approximate surface area is 159 Å². The lowest BCUT2D eigenvalue weighted by Gasteiger charge is -2.33. The summed E-state index contributed by atoms with van der Waals surface area (Å²) in [7, 11) is 0. The lowest BCUT2D eigenvalue weighted by atomic mass is 9.79. The van der Waals surface area contributed by atoms with Crippen LogP contribution in [0.25, 0.3) is 0 Å². The average Bonchev–Trinajstić information content (AvgIpc) is 3.36. The Kier molecular flexibility index (Phi) is 4.59. The maximum Gasteiger partial charge on any atom is 0.263 e. The van der Waals surface area contributed by atoms with E-state index < -0.39 is 5.41 Å². The van der Waals surface area contributed by atoms with Crippen molar-refractivity contribution in [3.63, 3.8) is 0 Å². The molecule has 5 nitrogen and oxygen atoms in total. The Morgan fingerprint density at radius 2 is 1.85 bits per heavy atom. The van der Waals surface area contributed by atoms with Crippen LogP contribution in [0.3, 0.4) is 0 Å². The summed E-state index contributed by atoms with van der Waals surface area (Å²) in [6.45, 7) is 11.2. The van der Waals surface area contributed by atoms with E-state index in [2.05, 4.69) is 23.6 Å². The van der Waals surface area contributed by atoms with E-state index in [9.17, 15) is 9.59 Å². The zero-order chi connectivity index (χ0) is 18.5. The molecule has 0 bridgehead atoms. The number of amides is 2. The van der Waals surface area contributed by atoms with Crippen LogP contribution in [0.15, 0.2) is 12.1 Å². The molecule has 4 rings (SSSR count). The molecule has 0 spiro atoms. The van der Waals surface area contributed by atoms with Gasteiger partial charge in [-0.15, -0.1) is 11.3 Å². The summed E-state index contributed by atoms with van der Waals surface area (Å²) in [6.07, 6.45) is 2.22. The van der Waals surface area contributed by atoms with Crippen molar-refractivity contribution >= 4 is 23.2 Å². The van der Waals surface area contributed by atoms with Crippen molar-refractivity contribution < 1.29 is 9.59 Å². The van der Waals surface area contributed by atoms with Gasteiger partial charge >= 0.3 is 0 Å². The van der Waals surface area contributed by atoms with Crippen molar-refractivity contribution in [2.75, 3.05) is 39.3 Å². The fourth-order valence-corrected chi connectivity index (χ4v) is 5.73. The molecule has 2 amide bonds. The molecule has 0 aliphatic carbocycles. The summed E-state index contributed by atoms with van der Waals surface area (Å²) in [6, 6.07) is 4.36. The van der Waals surface area contributed by atoms with Gasteiger partial charge in [0.2, 0.25) is 5.91 Å². The first kappa shape index (κ1) is 18.0. The molecule has 0 unspecified atom stereocenters. The van der Waals surface area contributed by atoms with Crippen molar-refractivity contribution in [3.8, 4) is 0 Å². The molecule has 1 aromatic heterocycles. The van der Waals surface area contributed by atoms with Gasteiger partial charge in [-0.05, 0) is 45.7 Å². The predicted octanol–water partition coefficient (Wildman–Crippen LogP) is 2.46. The molecule has 3 aliphatic rings. The van der Waals surface area contributed by atoms with Crippen molar-refractivity contribution in [2.45, 2.75) is 39.7 Å². The molecule has 1 aromatic rings. The predicted molar refractivity (Wildman–Crippen MR) is 103 cm³/mol. The van der Waals surface area contributed by atoms with Gasteiger partial charge < -0.3 is 9.80 Å². The van der Waals surface area contributed by atoms with Gasteiger partial charge in [-0.25, -0.2) is 0 Å². The molecular weight excluding hydrogens is 346 g/mol. The van der Waals surface area contributed by atoms with Crippen LogP contribution in [0.1, 0.15) is 41.2 Å². The molecule has 0 N–H and O–H groups in total. The van der Waals surface area contributed by atoms with Crippen molar-refractivity contribution in [2.24, 2.45) is 11.3 Å². The van der Waals surface area contributed by atoms with E-state index in [4.69, 9.17) is 0 Å². The van der Waals surface area contributed by atoms with E-state index in [1.165, 1.54) is 0 Å². The van der Waals surface area contributed by atoms with Gasteiger partial charge in [-0.3, -0.25) is 14.5 Å². The number of carbonyl (C=O) groups excluding carboxylic acids is 2. The monoisotopic (exact) mass is 375 g/mol. The third kappa shape index (κ3) is 2.87. The highest BCUT2D eigenvalue weighted by molar-refractivity contribution is 7.13. The summed E-state index contributed by atoms with van der Waals surface area (Å²) in [5.74, 6) is 0.644. The van der Waals surface area contributed by atoms with Crippen LogP contribution in [0.2, 0.25) is 0 Å². The number of hydrogen-bond donors (Lipinski definition) is 0. The second-order valence-corrected chi connectivity index (χ2v) is 9.76. The van der Waals surface area contributed by atoms with Gasteiger partial charge in [0.15, 0.2) is 0 Å². The highest BCUT2D eigenvalue weighted by Gasteiger charge is 2.59. The number of carbonyl (C=O) groups is 2. The molecule has 26 heavy (non-hydrogen) atoms. The van der Waals surface area contributed by atoms with Gasteiger partial charge in [0.1, 0.15) is 0 Å². The first-order valence-corrected chi connectivity index (χ1v) is 10.6. The molecule has 3 fully saturated rings. The lowest BCUT2D eigenvalue weighted by molar-refractivity contribution is -0.141. The summed E-state index contributed by atoms with van der Waals surface area (Å²) in [5.41, 5.74) is -0.406. The maximum absolute atomic E-state index is 13.5. The van der Waals surface area contributed by atoms with Crippen LogP contribution in [0.5, 0.6) is 0 Å². The maximum atomic E-state index is 13.5. The van der Waals surface area contributed by atoms with E-state index in [1.54, 1.807) is 11.3 Å². The number of hydrogen-bond acceptors (Lipinski definition) is 4. The number of aryl methyl sites for hydroxylation is 1. The number of nitrogens with zero attached hydrogens (tertiary/aromatic N) is 3. The van der Waals surface area contributed by atoms with E-state index in [1.807, 2.05) is 24.0 Å². The Morgan fingerprint density at radius 3 is 2.46 bits per heavy atom. The first-order chi connectivity index (χ1) is 12.4. The third-order valence-electron chi connectivity index (χ3n) is 6.42. The van der Waals surface area contributed by atoms with Crippen LogP contribution in [0.4, 0.5) is 0 Å². The van der Waals surface area contributed by atoms with Gasteiger partial charge in [-0.2, -0.15) is 0 Å². The molecule has 3 aliphatic heterocycles. The average molecular weight is 376 g/mol. The molecule has 142 valence electrons. The number of rotatable bonds is 3. The van der Waals surface area contributed by atoms with Crippen LogP contribution in [-0.4, -0.2) is 71.8 Å². The second kappa shape index (κ2) is 6.64. The SMILES string of the molecule is Cc1ccc(C(=O)N2C[C@@H]3CN(C(C)C)C[C@]3(C(=O)N3CCCC3)C2)s1. The quantitative estimate of drug-likeness (QED) is 0.815. The highest BCUT2D eigenvalue weighted by Crippen LogP contribution is 2.45. The highest BCUT2D eigenvalue weighted by atomic mass is 32.1. The number of thiophene rings is 1. The molecule has 2 atom stereocenters. The van der Waals surface area contributed by atoms with E-state index in [0.717, 1.165) is 48.8 Å². The summed E-state index contributed by atoms with van der Waals surface area (Å²) in [5, 5.41) is 0. The fourth-order valence-electron chi connectivity index (χ4n) is 4.90. The fraction of sp³-hybridized carbons (Fsp3) is 0.700. The largest absolute Gasteiger partial charge is 0.342 e. The van der Waals surface area contributed by atoms with Crippen LogP contribution < -0.4 is 0 Å². The lowest BCUT2D eigenvalue weighted by Crippen LogP contribution is -2.49. The smallest absolute Gasteiger partial charge is 0.263 e. The van der Waals surface area contributed by atoms with Gasteiger partial charge in [0, 0.05) is 56.1 Å². The van der Waals surface area contributed by atoms with Crippen LogP contribution >= 0.6 is 11.3 Å². The first-order valence-electron chi connectivity index (χ1n) is 9.80. The minimum absolute atomic E-state index is 0.0993. The molecule has 0 radical (unpaired) electrons. The molecule has 6 heteroatoms. The normalized spacial score (nSPS) is 29.0. The molecule has 4 heterocycles. The summed E-state index contributed by atoms with van der Waals surface area (Å²) < 4.78 is 0. The number of likely N-dealkylation sites (tertiary alicyclic amines) is 3. The Bertz CT molecular complexity index is 710. The van der Waals surface area contributed by atoms with E-state index in [0.29, 0.717) is 25.0 Å². The van der Waals surface area contributed by atoms with Gasteiger partial charge in [0.05, 0.1) is 10.3 Å². The molecule has 0 aromatic carbocycles. The summed E-state index contributed by atoms with van der Waals surface area (Å²) >= 11 is 1.55. The Morgan fingerprint density at radius 1 is 1.12 bits per heavy atom. The van der Waals surface area contributed by atoms with Crippen LogP contribution in [0, 0.1) is 18.3 Å². The minimum atomic E-state index is -0.406. The van der Waals surface area contributed by atoms with Crippen molar-refractivity contribution in [1.82, 2.24) is 14.7 Å².